The highest BCUT2D eigenvalue weighted by atomic mass is 16.2. The number of nitrogens with zero attached hydrogens (tertiary/aromatic N) is 1. The molecule has 0 heterocycles. The van der Waals surface area contributed by atoms with Gasteiger partial charge < -0.3 is 4.90 Å². The molecule has 0 saturated carbocycles. The molecule has 0 aliphatic heterocycles. The molecule has 0 aromatic heterocycles. The van der Waals surface area contributed by atoms with Gasteiger partial charge in [0.2, 0.25) is 5.91 Å². The van der Waals surface area contributed by atoms with E-state index < -0.39 is 0 Å². The molecular weight excluding hydrogens is 164 g/mol. The maximum absolute atomic E-state index is 11.4. The summed E-state index contributed by atoms with van der Waals surface area (Å²) >= 11 is 0. The minimum atomic E-state index is -0.0421. The van der Waals surface area contributed by atoms with Gasteiger partial charge in [-0.2, -0.15) is 0 Å². The van der Waals surface area contributed by atoms with Gasteiger partial charge in [0.05, 0.1) is 12.6 Å². The molecule has 1 N–H and O–H groups in total. The first-order valence-corrected chi connectivity index (χ1v) is 4.62. The number of hydrogen-bond donors (Lipinski definition) is 1. The summed E-state index contributed by atoms with van der Waals surface area (Å²) in [6, 6.07) is -0.0421. The molecule has 0 aliphatic rings. The van der Waals surface area contributed by atoms with E-state index in [9.17, 15) is 4.79 Å². The summed E-state index contributed by atoms with van der Waals surface area (Å²) in [4.78, 5) is 13.2. The topological polar surface area (TPSA) is 32.3 Å². The monoisotopic (exact) mass is 182 g/mol. The molecule has 0 fully saturated rings. The number of hydrogen-bond acceptors (Lipinski definition) is 2. The molecule has 13 heavy (non-hydrogen) atoms. The molecule has 0 bridgehead atoms. The third kappa shape index (κ3) is 4.54. The van der Waals surface area contributed by atoms with Crippen LogP contribution in [0.5, 0.6) is 0 Å². The summed E-state index contributed by atoms with van der Waals surface area (Å²) in [5.41, 5.74) is 0. The highest BCUT2D eigenvalue weighted by molar-refractivity contribution is 5.78. The van der Waals surface area contributed by atoms with Crippen molar-refractivity contribution in [3.05, 3.63) is 0 Å². The summed E-state index contributed by atoms with van der Waals surface area (Å²) in [5, 5.41) is 2.95. The summed E-state index contributed by atoms with van der Waals surface area (Å²) in [5.74, 6) is 2.62. The Kier molecular flexibility index (Phi) is 5.99. The van der Waals surface area contributed by atoms with E-state index in [1.807, 2.05) is 20.8 Å². The van der Waals surface area contributed by atoms with Crippen LogP contribution in [0.4, 0.5) is 0 Å². The van der Waals surface area contributed by atoms with Gasteiger partial charge >= 0.3 is 0 Å². The van der Waals surface area contributed by atoms with Gasteiger partial charge in [-0.1, -0.05) is 5.92 Å². The number of carbonyl (C=O) groups is 1. The van der Waals surface area contributed by atoms with Gasteiger partial charge in [-0.15, -0.1) is 6.42 Å². The third-order valence-corrected chi connectivity index (χ3v) is 1.93. The number of terminal acetylenes is 1. The highest BCUT2D eigenvalue weighted by Crippen LogP contribution is 1.88. The number of rotatable bonds is 5. The standard InChI is InChI=1S/C10H18N2O/c1-5-9(4)11-8-10(13)12(6-2)7-3/h1,9,11H,6-8H2,2-4H3. The first kappa shape index (κ1) is 12.0. The van der Waals surface area contributed by atoms with Crippen LogP contribution in [0.3, 0.4) is 0 Å². The Morgan fingerprint density at radius 2 is 2.08 bits per heavy atom. The number of nitrogens with one attached hydrogen (secondary N) is 1. The van der Waals surface area contributed by atoms with Gasteiger partial charge in [0, 0.05) is 13.1 Å². The van der Waals surface area contributed by atoms with E-state index in [4.69, 9.17) is 6.42 Å². The second-order valence-electron chi connectivity index (χ2n) is 2.84. The molecule has 0 aromatic carbocycles. The molecule has 3 heteroatoms. The van der Waals surface area contributed by atoms with Crippen molar-refractivity contribution in [1.82, 2.24) is 10.2 Å². The number of likely N-dealkylation sites (N-methyl/N-ethyl adjacent to an activating group) is 1. The van der Waals surface area contributed by atoms with Crippen LogP contribution in [-0.2, 0) is 4.79 Å². The van der Waals surface area contributed by atoms with Crippen LogP contribution in [0, 0.1) is 12.3 Å². The van der Waals surface area contributed by atoms with Crippen molar-refractivity contribution >= 4 is 5.91 Å². The molecule has 74 valence electrons. The molecule has 0 saturated heterocycles. The van der Waals surface area contributed by atoms with Gasteiger partial charge in [0.15, 0.2) is 0 Å². The Balaban J connectivity index is 3.80. The number of amides is 1. The molecule has 0 rings (SSSR count). The molecule has 0 spiro atoms. The smallest absolute Gasteiger partial charge is 0.236 e. The lowest BCUT2D eigenvalue weighted by atomic mass is 10.3. The van der Waals surface area contributed by atoms with E-state index in [2.05, 4.69) is 11.2 Å². The predicted octanol–water partition coefficient (Wildman–Crippen LogP) is 0.466. The van der Waals surface area contributed by atoms with E-state index in [0.29, 0.717) is 6.54 Å². The summed E-state index contributed by atoms with van der Waals surface area (Å²) in [6.07, 6.45) is 5.16. The Morgan fingerprint density at radius 3 is 2.46 bits per heavy atom. The average Bonchev–Trinajstić information content (AvgIpc) is 2.16. The van der Waals surface area contributed by atoms with Crippen molar-refractivity contribution in [2.24, 2.45) is 0 Å². The zero-order valence-electron chi connectivity index (χ0n) is 8.63. The Bertz CT molecular complexity index is 192. The molecule has 0 radical (unpaired) electrons. The minimum Gasteiger partial charge on any atom is -0.342 e. The van der Waals surface area contributed by atoms with Crippen molar-refractivity contribution in [3.63, 3.8) is 0 Å². The fraction of sp³-hybridized carbons (Fsp3) is 0.700. The molecule has 1 amide bonds. The second-order valence-corrected chi connectivity index (χ2v) is 2.84. The molecule has 3 nitrogen and oxygen atoms in total. The van der Waals surface area contributed by atoms with Crippen LogP contribution < -0.4 is 5.32 Å². The fourth-order valence-electron chi connectivity index (χ4n) is 0.987. The van der Waals surface area contributed by atoms with E-state index in [1.54, 1.807) is 4.90 Å². The molecule has 1 atom stereocenters. The van der Waals surface area contributed by atoms with Crippen LogP contribution in [-0.4, -0.2) is 36.5 Å². The van der Waals surface area contributed by atoms with Gasteiger partial charge in [0.25, 0.3) is 0 Å². The van der Waals surface area contributed by atoms with Crippen molar-refractivity contribution in [2.75, 3.05) is 19.6 Å². The fourth-order valence-corrected chi connectivity index (χ4v) is 0.987. The lowest BCUT2D eigenvalue weighted by Gasteiger charge is -2.19. The average molecular weight is 182 g/mol. The van der Waals surface area contributed by atoms with Crippen LogP contribution in [0.15, 0.2) is 0 Å². The Hall–Kier alpha value is -1.01. The first-order chi connectivity index (χ1) is 6.15. The van der Waals surface area contributed by atoms with Crippen LogP contribution in [0.1, 0.15) is 20.8 Å². The molecule has 0 aliphatic carbocycles. The summed E-state index contributed by atoms with van der Waals surface area (Å²) in [7, 11) is 0. The van der Waals surface area contributed by atoms with E-state index in [-0.39, 0.29) is 11.9 Å². The van der Waals surface area contributed by atoms with E-state index >= 15 is 0 Å². The van der Waals surface area contributed by atoms with Crippen molar-refractivity contribution in [3.8, 4) is 12.3 Å². The predicted molar refractivity (Wildman–Crippen MR) is 54.2 cm³/mol. The largest absolute Gasteiger partial charge is 0.342 e. The van der Waals surface area contributed by atoms with Crippen LogP contribution in [0.2, 0.25) is 0 Å². The third-order valence-electron chi connectivity index (χ3n) is 1.93. The Labute approximate surface area is 80.5 Å². The SMILES string of the molecule is C#CC(C)NCC(=O)N(CC)CC. The van der Waals surface area contributed by atoms with Crippen molar-refractivity contribution in [1.29, 1.82) is 0 Å². The zero-order valence-corrected chi connectivity index (χ0v) is 8.63. The lowest BCUT2D eigenvalue weighted by molar-refractivity contribution is -0.129. The van der Waals surface area contributed by atoms with Gasteiger partial charge in [-0.25, -0.2) is 0 Å². The second kappa shape index (κ2) is 6.50. The van der Waals surface area contributed by atoms with E-state index in [1.165, 1.54) is 0 Å². The zero-order chi connectivity index (χ0) is 10.3. The van der Waals surface area contributed by atoms with Crippen molar-refractivity contribution < 1.29 is 4.79 Å². The van der Waals surface area contributed by atoms with Gasteiger partial charge in [-0.3, -0.25) is 10.1 Å². The summed E-state index contributed by atoms with van der Waals surface area (Å²) < 4.78 is 0. The van der Waals surface area contributed by atoms with Gasteiger partial charge in [-0.05, 0) is 20.8 Å². The molecular formula is C10H18N2O. The Morgan fingerprint density at radius 1 is 1.54 bits per heavy atom. The van der Waals surface area contributed by atoms with Crippen molar-refractivity contribution in [2.45, 2.75) is 26.8 Å². The van der Waals surface area contributed by atoms with Crippen LogP contribution in [0.25, 0.3) is 0 Å². The maximum Gasteiger partial charge on any atom is 0.236 e. The lowest BCUT2D eigenvalue weighted by Crippen LogP contribution is -2.40. The van der Waals surface area contributed by atoms with Crippen LogP contribution >= 0.6 is 0 Å². The quantitative estimate of drug-likeness (QED) is 0.627. The van der Waals surface area contributed by atoms with Gasteiger partial charge in [0.1, 0.15) is 0 Å². The minimum absolute atomic E-state index is 0.0421. The summed E-state index contributed by atoms with van der Waals surface area (Å²) in [6.45, 7) is 7.61. The first-order valence-electron chi connectivity index (χ1n) is 4.62. The molecule has 0 aromatic rings. The maximum atomic E-state index is 11.4. The highest BCUT2D eigenvalue weighted by Gasteiger charge is 2.09. The number of carbonyl (C=O) groups excluding carboxylic acids is 1. The molecule has 1 unspecified atom stereocenters. The van der Waals surface area contributed by atoms with E-state index in [0.717, 1.165) is 13.1 Å². The normalized spacial score (nSPS) is 11.8.